The average Bonchev–Trinajstić information content (AvgIpc) is 3.01. The number of piperazine rings is 1. The number of rotatable bonds is 5. The number of aromatic nitrogens is 1. The van der Waals surface area contributed by atoms with Crippen molar-refractivity contribution < 1.29 is 24.0 Å². The molecule has 3 N–H and O–H groups in total. The normalized spacial score (nSPS) is 25.1. The van der Waals surface area contributed by atoms with Crippen LogP contribution < -0.4 is 10.6 Å². The van der Waals surface area contributed by atoms with E-state index < -0.39 is 24.3 Å². The number of hydrogen-bond donors (Lipinski definition) is 3. The Hall–Kier alpha value is -2.43. The molecule has 0 bridgehead atoms. The summed E-state index contributed by atoms with van der Waals surface area (Å²) in [4.78, 5) is 28.8. The van der Waals surface area contributed by atoms with Gasteiger partial charge >= 0.3 is 6.03 Å². The van der Waals surface area contributed by atoms with Crippen molar-refractivity contribution in [3.05, 3.63) is 23.6 Å². The third-order valence-electron chi connectivity index (χ3n) is 5.26. The van der Waals surface area contributed by atoms with Crippen LogP contribution in [0.5, 0.6) is 0 Å². The molecule has 160 valence electrons. The van der Waals surface area contributed by atoms with E-state index in [1.165, 1.54) is 0 Å². The second-order valence-corrected chi connectivity index (χ2v) is 7.49. The van der Waals surface area contributed by atoms with Crippen molar-refractivity contribution in [3.8, 4) is 0 Å². The zero-order valence-corrected chi connectivity index (χ0v) is 17.1. The van der Waals surface area contributed by atoms with E-state index in [2.05, 4.69) is 20.7 Å². The highest BCUT2D eigenvalue weighted by Gasteiger charge is 2.30. The van der Waals surface area contributed by atoms with E-state index in [1.54, 1.807) is 26.0 Å². The van der Waals surface area contributed by atoms with E-state index >= 15 is 0 Å². The minimum atomic E-state index is -0.638. The maximum Gasteiger partial charge on any atom is 0.319 e. The standard InChI is InChI=1S/C19H29N5O5/c1-12-18(13(2)29-22-12)21-19(27)20-15-5-4-14(28-16(15)11-25)10-17(26)24-8-6-23(3)7-9-24/h4-5,14-16,25H,6-11H2,1-3H3,(H2,20,21,27)/t14-,15-,16+/m0/s1. The molecule has 10 nitrogen and oxygen atoms in total. The quantitative estimate of drug-likeness (QED) is 0.599. The average molecular weight is 407 g/mol. The Morgan fingerprint density at radius 1 is 1.24 bits per heavy atom. The minimum absolute atomic E-state index is 0.0343. The van der Waals surface area contributed by atoms with Gasteiger partial charge in [0.1, 0.15) is 17.5 Å². The third kappa shape index (κ3) is 5.34. The highest BCUT2D eigenvalue weighted by Crippen LogP contribution is 2.20. The molecule has 0 aromatic carbocycles. The Morgan fingerprint density at radius 3 is 2.59 bits per heavy atom. The Morgan fingerprint density at radius 2 is 1.97 bits per heavy atom. The Balaban J connectivity index is 1.54. The van der Waals surface area contributed by atoms with Crippen molar-refractivity contribution >= 4 is 17.6 Å². The zero-order valence-electron chi connectivity index (χ0n) is 17.1. The highest BCUT2D eigenvalue weighted by atomic mass is 16.5. The second kappa shape index (κ2) is 9.38. The van der Waals surface area contributed by atoms with Crippen LogP contribution in [0.2, 0.25) is 0 Å². The van der Waals surface area contributed by atoms with E-state index in [0.29, 0.717) is 30.2 Å². The maximum absolute atomic E-state index is 12.5. The Kier molecular flexibility index (Phi) is 6.88. The van der Waals surface area contributed by atoms with Crippen molar-refractivity contribution in [2.24, 2.45) is 0 Å². The van der Waals surface area contributed by atoms with Gasteiger partial charge in [-0.3, -0.25) is 4.79 Å². The smallest absolute Gasteiger partial charge is 0.319 e. The fraction of sp³-hybridized carbons (Fsp3) is 0.632. The van der Waals surface area contributed by atoms with Crippen LogP contribution in [0.4, 0.5) is 10.5 Å². The molecule has 2 aliphatic rings. The fourth-order valence-corrected chi connectivity index (χ4v) is 3.46. The van der Waals surface area contributed by atoms with E-state index in [0.717, 1.165) is 13.1 Å². The number of likely N-dealkylation sites (N-methyl/N-ethyl adjacent to an activating group) is 1. The molecule has 3 atom stereocenters. The van der Waals surface area contributed by atoms with Crippen LogP contribution in [-0.2, 0) is 9.53 Å². The molecule has 1 fully saturated rings. The summed E-state index contributed by atoms with van der Waals surface area (Å²) in [5.74, 6) is 0.543. The van der Waals surface area contributed by atoms with Gasteiger partial charge in [-0.2, -0.15) is 0 Å². The lowest BCUT2D eigenvalue weighted by Crippen LogP contribution is -2.51. The lowest BCUT2D eigenvalue weighted by molar-refractivity contribution is -0.137. The molecule has 3 rings (SSSR count). The van der Waals surface area contributed by atoms with E-state index in [9.17, 15) is 14.7 Å². The first kappa shape index (κ1) is 21.3. The summed E-state index contributed by atoms with van der Waals surface area (Å²) in [7, 11) is 2.04. The summed E-state index contributed by atoms with van der Waals surface area (Å²) in [5, 5.41) is 18.9. The van der Waals surface area contributed by atoms with Crippen LogP contribution in [0.25, 0.3) is 0 Å². The summed E-state index contributed by atoms with van der Waals surface area (Å²) in [6.07, 6.45) is 2.68. The summed E-state index contributed by atoms with van der Waals surface area (Å²) in [5.41, 5.74) is 1.09. The van der Waals surface area contributed by atoms with Crippen molar-refractivity contribution in [2.45, 2.75) is 38.5 Å². The topological polar surface area (TPSA) is 120 Å². The maximum atomic E-state index is 12.5. The minimum Gasteiger partial charge on any atom is -0.394 e. The number of hydrogen-bond acceptors (Lipinski definition) is 7. The van der Waals surface area contributed by atoms with Crippen molar-refractivity contribution in [1.29, 1.82) is 0 Å². The lowest BCUT2D eigenvalue weighted by atomic mass is 10.0. The molecule has 1 saturated heterocycles. The number of carbonyl (C=O) groups excluding carboxylic acids is 2. The lowest BCUT2D eigenvalue weighted by Gasteiger charge is -2.35. The molecule has 3 amide bonds. The van der Waals surface area contributed by atoms with Gasteiger partial charge in [-0.25, -0.2) is 4.79 Å². The molecule has 0 aliphatic carbocycles. The Bertz CT molecular complexity index is 737. The monoisotopic (exact) mass is 407 g/mol. The molecule has 1 aromatic rings. The first-order valence-electron chi connectivity index (χ1n) is 9.78. The first-order chi connectivity index (χ1) is 13.9. The number of carbonyl (C=O) groups is 2. The van der Waals surface area contributed by atoms with Crippen LogP contribution in [0.3, 0.4) is 0 Å². The third-order valence-corrected chi connectivity index (χ3v) is 5.26. The fourth-order valence-electron chi connectivity index (χ4n) is 3.46. The number of anilines is 1. The number of nitrogens with zero attached hydrogens (tertiary/aromatic N) is 3. The molecule has 29 heavy (non-hydrogen) atoms. The van der Waals surface area contributed by atoms with Gasteiger partial charge in [-0.05, 0) is 20.9 Å². The van der Waals surface area contributed by atoms with Gasteiger partial charge in [0.05, 0.1) is 25.2 Å². The number of nitrogens with one attached hydrogen (secondary N) is 2. The van der Waals surface area contributed by atoms with Gasteiger partial charge in [0.15, 0.2) is 5.76 Å². The zero-order chi connectivity index (χ0) is 21.0. The number of aliphatic hydroxyl groups is 1. The molecular formula is C19H29N5O5. The summed E-state index contributed by atoms with van der Waals surface area (Å²) in [6, 6.07) is -0.974. The second-order valence-electron chi connectivity index (χ2n) is 7.49. The number of urea groups is 1. The number of ether oxygens (including phenoxy) is 1. The molecule has 10 heteroatoms. The number of aliphatic hydroxyl groups excluding tert-OH is 1. The number of amides is 3. The van der Waals surface area contributed by atoms with Crippen LogP contribution >= 0.6 is 0 Å². The van der Waals surface area contributed by atoms with Crippen molar-refractivity contribution in [3.63, 3.8) is 0 Å². The van der Waals surface area contributed by atoms with Gasteiger partial charge in [-0.1, -0.05) is 17.3 Å². The summed E-state index contributed by atoms with van der Waals surface area (Å²) >= 11 is 0. The predicted octanol–water partition coefficient (Wildman–Crippen LogP) is 0.262. The summed E-state index contributed by atoms with van der Waals surface area (Å²) in [6.45, 7) is 6.30. The van der Waals surface area contributed by atoms with E-state index in [4.69, 9.17) is 9.26 Å². The molecule has 0 spiro atoms. The molecule has 0 saturated carbocycles. The molecule has 3 heterocycles. The molecule has 1 aromatic heterocycles. The predicted molar refractivity (Wildman–Crippen MR) is 106 cm³/mol. The van der Waals surface area contributed by atoms with Crippen molar-refractivity contribution in [1.82, 2.24) is 20.3 Å². The highest BCUT2D eigenvalue weighted by molar-refractivity contribution is 5.90. The van der Waals surface area contributed by atoms with Gasteiger partial charge in [0.2, 0.25) is 5.91 Å². The van der Waals surface area contributed by atoms with Gasteiger partial charge in [0, 0.05) is 26.2 Å². The van der Waals surface area contributed by atoms with Crippen LogP contribution in [0.1, 0.15) is 17.9 Å². The first-order valence-corrected chi connectivity index (χ1v) is 9.78. The van der Waals surface area contributed by atoms with E-state index in [-0.39, 0.29) is 18.9 Å². The Labute approximate surface area is 169 Å². The number of aryl methyl sites for hydroxylation is 2. The molecule has 0 radical (unpaired) electrons. The molecule has 0 unspecified atom stereocenters. The van der Waals surface area contributed by atoms with E-state index in [1.807, 2.05) is 11.9 Å². The SMILES string of the molecule is Cc1noc(C)c1NC(=O)N[C@H]1C=C[C@@H](CC(=O)N2CCN(C)CC2)O[C@@H]1CO. The van der Waals surface area contributed by atoms with Gasteiger partial charge in [0.25, 0.3) is 0 Å². The van der Waals surface area contributed by atoms with Crippen molar-refractivity contribution in [2.75, 3.05) is 45.2 Å². The largest absolute Gasteiger partial charge is 0.394 e. The van der Waals surface area contributed by atoms with Gasteiger partial charge < -0.3 is 34.8 Å². The molecular weight excluding hydrogens is 378 g/mol. The van der Waals surface area contributed by atoms with Crippen LogP contribution in [-0.4, -0.2) is 90.1 Å². The molecule has 2 aliphatic heterocycles. The van der Waals surface area contributed by atoms with Crippen LogP contribution in [0.15, 0.2) is 16.7 Å². The van der Waals surface area contributed by atoms with Gasteiger partial charge in [-0.15, -0.1) is 0 Å². The van der Waals surface area contributed by atoms with Crippen LogP contribution in [0, 0.1) is 13.8 Å². The summed E-state index contributed by atoms with van der Waals surface area (Å²) < 4.78 is 10.9.